The highest BCUT2D eigenvalue weighted by molar-refractivity contribution is 6.10. The van der Waals surface area contributed by atoms with Gasteiger partial charge in [-0.25, -0.2) is 4.79 Å². The van der Waals surface area contributed by atoms with Gasteiger partial charge in [0.15, 0.2) is 6.61 Å². The van der Waals surface area contributed by atoms with Gasteiger partial charge in [0.1, 0.15) is 36.2 Å². The van der Waals surface area contributed by atoms with E-state index in [4.69, 9.17) is 25.7 Å². The van der Waals surface area contributed by atoms with Gasteiger partial charge in [-0.05, 0) is 96.5 Å². The molecule has 1 fully saturated rings. The van der Waals surface area contributed by atoms with Crippen molar-refractivity contribution < 1.29 is 44.1 Å². The predicted octanol–water partition coefficient (Wildman–Crippen LogP) is 4.32. The van der Waals surface area contributed by atoms with Crippen LogP contribution in [0.2, 0.25) is 0 Å². The number of nitrogens with one attached hydrogen (secondary N) is 4. The van der Waals surface area contributed by atoms with Crippen molar-refractivity contribution >= 4 is 51.2 Å². The molecule has 0 bridgehead atoms. The first-order valence-electron chi connectivity index (χ1n) is 23.6. The number of benzene rings is 5. The Morgan fingerprint density at radius 2 is 1.28 bits per heavy atom. The summed E-state index contributed by atoms with van der Waals surface area (Å²) in [5, 5.41) is 12.5. The lowest BCUT2D eigenvalue weighted by Gasteiger charge is -2.25. The van der Waals surface area contributed by atoms with Crippen molar-refractivity contribution in [1.29, 1.82) is 0 Å². The van der Waals surface area contributed by atoms with Crippen LogP contribution in [0.5, 0.6) is 11.5 Å². The molecule has 11 N–H and O–H groups in total. The lowest BCUT2D eigenvalue weighted by atomic mass is 9.90. The predicted molar refractivity (Wildman–Crippen MR) is 261 cm³/mol. The molecule has 67 heavy (non-hydrogen) atoms. The van der Waals surface area contributed by atoms with E-state index in [2.05, 4.69) is 51.5 Å². The second-order valence-electron chi connectivity index (χ2n) is 17.2. The third kappa shape index (κ3) is 14.5. The van der Waals surface area contributed by atoms with Crippen LogP contribution < -0.4 is 47.6 Å². The molecule has 1 saturated carbocycles. The van der Waals surface area contributed by atoms with Crippen molar-refractivity contribution in [2.75, 3.05) is 26.3 Å². The van der Waals surface area contributed by atoms with Gasteiger partial charge < -0.3 is 35.9 Å². The smallest absolute Gasteiger partial charge is 0.338 e. The molecule has 6 rings (SSSR count). The lowest BCUT2D eigenvalue weighted by Crippen LogP contribution is -2.78. The molecule has 1 aliphatic carbocycles. The van der Waals surface area contributed by atoms with Crippen molar-refractivity contribution in [1.82, 2.24) is 16.0 Å². The molecule has 3 atom stereocenters. The van der Waals surface area contributed by atoms with Crippen LogP contribution in [0.3, 0.4) is 0 Å². The maximum atomic E-state index is 14.2. The van der Waals surface area contributed by atoms with Crippen LogP contribution in [0.1, 0.15) is 76.2 Å². The topological polar surface area (TPSA) is 226 Å². The Balaban J connectivity index is 1.21. The molecule has 354 valence electrons. The lowest BCUT2D eigenvalue weighted by molar-refractivity contribution is -0.459. The minimum absolute atomic E-state index is 0.0176. The van der Waals surface area contributed by atoms with Crippen LogP contribution in [0.4, 0.5) is 0 Å². The second-order valence-corrected chi connectivity index (χ2v) is 17.2. The standard InChI is InChI=1S/C53H65N7O7/c1-2-16-44(52(64)67-34-37-19-7-4-8-20-37)60-51(63)43(26-15-32-57-53(55)56)59-50(62)42(25-13-14-31-54)58-47(61)35-66-46-30-28-39-22-10-12-24-41(39)49(46)48-40-23-11-9-21-38(40)27-29-45(48)65-33-36-17-5-3-6-18-36/h2,4,7-12,19-24,27-30,36,42-44H,1,3,5-6,13-18,25-26,31-35,54H2,(H,58,61)(H,59,62)(H,60,63)(H4,55,56,57)/p+2/t42-,43-,44+/m1/s1. The number of esters is 1. The van der Waals surface area contributed by atoms with Crippen LogP contribution in [0.15, 0.2) is 116 Å². The van der Waals surface area contributed by atoms with Gasteiger partial charge in [-0.1, -0.05) is 116 Å². The van der Waals surface area contributed by atoms with Crippen molar-refractivity contribution in [2.24, 2.45) is 17.4 Å². The van der Waals surface area contributed by atoms with E-state index in [0.29, 0.717) is 50.6 Å². The van der Waals surface area contributed by atoms with Gasteiger partial charge in [-0.2, -0.15) is 0 Å². The van der Waals surface area contributed by atoms with Crippen LogP contribution in [0.25, 0.3) is 32.7 Å². The van der Waals surface area contributed by atoms with Gasteiger partial charge in [-0.3, -0.25) is 30.8 Å². The zero-order chi connectivity index (χ0) is 47.4. The Hall–Kier alpha value is -6.93. The van der Waals surface area contributed by atoms with E-state index < -0.39 is 48.4 Å². The van der Waals surface area contributed by atoms with E-state index >= 15 is 0 Å². The molecule has 0 unspecified atom stereocenters. The third-order valence-electron chi connectivity index (χ3n) is 12.1. The largest absolute Gasteiger partial charge is 0.493 e. The highest BCUT2D eigenvalue weighted by Gasteiger charge is 2.30. The van der Waals surface area contributed by atoms with Crippen LogP contribution >= 0.6 is 0 Å². The summed E-state index contributed by atoms with van der Waals surface area (Å²) < 4.78 is 18.7. The Morgan fingerprint density at radius 3 is 1.91 bits per heavy atom. The van der Waals surface area contributed by atoms with Crippen molar-refractivity contribution in [3.8, 4) is 22.6 Å². The first-order chi connectivity index (χ1) is 32.6. The van der Waals surface area contributed by atoms with E-state index in [1.807, 2.05) is 84.9 Å². The highest BCUT2D eigenvalue weighted by atomic mass is 16.5. The summed E-state index contributed by atoms with van der Waals surface area (Å²) >= 11 is 0. The average Bonchev–Trinajstić information content (AvgIpc) is 3.35. The fourth-order valence-corrected chi connectivity index (χ4v) is 8.56. The zero-order valence-electron chi connectivity index (χ0n) is 38.4. The molecule has 14 heteroatoms. The van der Waals surface area contributed by atoms with Crippen molar-refractivity contribution in [3.63, 3.8) is 0 Å². The maximum Gasteiger partial charge on any atom is 0.338 e. The van der Waals surface area contributed by atoms with Crippen LogP contribution in [0, 0.1) is 5.92 Å². The molecule has 1 aliphatic rings. The number of rotatable bonds is 25. The number of hydrogen-bond donors (Lipinski definition) is 7. The molecule has 5 aromatic rings. The molecule has 5 aromatic carbocycles. The number of amides is 3. The first kappa shape index (κ1) is 49.5. The molecular weight excluding hydrogens is 847 g/mol. The van der Waals surface area contributed by atoms with E-state index in [1.165, 1.54) is 25.3 Å². The highest BCUT2D eigenvalue weighted by Crippen LogP contribution is 2.46. The summed E-state index contributed by atoms with van der Waals surface area (Å²) in [7, 11) is 0. The van der Waals surface area contributed by atoms with Crippen molar-refractivity contribution in [3.05, 3.63) is 121 Å². The number of unbranched alkanes of at least 4 members (excludes halogenated alkanes) is 1. The summed E-state index contributed by atoms with van der Waals surface area (Å²) in [5.74, 6) is -0.602. The fourth-order valence-electron chi connectivity index (χ4n) is 8.56. The molecule has 0 radical (unpaired) electrons. The first-order valence-corrected chi connectivity index (χ1v) is 23.6. The molecule has 14 nitrogen and oxygen atoms in total. The molecule has 0 saturated heterocycles. The SMILES string of the molecule is C=CC[C@H](NC(=O)[C@@H](CCC[NH+]=C(N)N)NC(=O)[C@@H](CCCC[NH3+])NC(=O)COc1ccc2ccccc2c1-c1c(OCC2CCCCC2)ccc2ccccc12)C(=O)OCc1ccccc1. The summed E-state index contributed by atoms with van der Waals surface area (Å²) in [5.41, 5.74) is 17.6. The zero-order valence-corrected chi connectivity index (χ0v) is 38.4. The van der Waals surface area contributed by atoms with Crippen molar-refractivity contribution in [2.45, 2.75) is 95.4 Å². The molecule has 0 aliphatic heterocycles. The molecular formula is C53H67N7O7+2. The van der Waals surface area contributed by atoms with Crippen LogP contribution in [-0.4, -0.2) is 74.1 Å². The number of carbonyl (C=O) groups is 4. The minimum Gasteiger partial charge on any atom is -0.493 e. The number of carbonyl (C=O) groups excluding carboxylic acids is 4. The van der Waals surface area contributed by atoms with Gasteiger partial charge in [0.2, 0.25) is 11.8 Å². The Bertz CT molecular complexity index is 2470. The van der Waals surface area contributed by atoms with Gasteiger partial charge in [0.25, 0.3) is 5.91 Å². The van der Waals surface area contributed by atoms with Gasteiger partial charge in [0.05, 0.1) is 19.7 Å². The number of fused-ring (bicyclic) bond motifs is 2. The Kier molecular flexibility index (Phi) is 19.0. The molecule has 0 heterocycles. The summed E-state index contributed by atoms with van der Waals surface area (Å²) in [6.45, 7) is 4.95. The summed E-state index contributed by atoms with van der Waals surface area (Å²) in [6.07, 6.45) is 9.70. The van der Waals surface area contributed by atoms with E-state index in [1.54, 1.807) is 0 Å². The quantitative estimate of drug-likeness (QED) is 0.0145. The van der Waals surface area contributed by atoms with Gasteiger partial charge in [0, 0.05) is 11.1 Å². The number of guanidine groups is 1. The van der Waals surface area contributed by atoms with E-state index in [9.17, 15) is 19.2 Å². The Morgan fingerprint density at radius 1 is 0.701 bits per heavy atom. The normalized spacial score (nSPS) is 14.0. The van der Waals surface area contributed by atoms with Gasteiger partial charge >= 0.3 is 11.9 Å². The number of quaternary nitrogens is 1. The second kappa shape index (κ2) is 25.7. The monoisotopic (exact) mass is 914 g/mol. The fraction of sp³-hybridized carbons (Fsp3) is 0.377. The van der Waals surface area contributed by atoms with E-state index in [0.717, 1.165) is 56.8 Å². The maximum absolute atomic E-state index is 14.2. The molecule has 0 spiro atoms. The average molecular weight is 914 g/mol. The number of ether oxygens (including phenoxy) is 3. The third-order valence-corrected chi connectivity index (χ3v) is 12.1. The van der Waals surface area contributed by atoms with E-state index in [-0.39, 0.29) is 31.8 Å². The van der Waals surface area contributed by atoms with Crippen LogP contribution in [-0.2, 0) is 30.5 Å². The van der Waals surface area contributed by atoms with Gasteiger partial charge in [-0.15, -0.1) is 6.58 Å². The minimum atomic E-state index is -1.10. The molecule has 3 amide bonds. The summed E-state index contributed by atoms with van der Waals surface area (Å²) in [4.78, 5) is 58.1. The molecule has 0 aromatic heterocycles. The Labute approximate surface area is 393 Å². The number of nitrogens with two attached hydrogens (primary N) is 2. The summed E-state index contributed by atoms with van der Waals surface area (Å²) in [6, 6.07) is 30.2. The number of hydrogen-bond acceptors (Lipinski definition) is 7.